The van der Waals surface area contributed by atoms with Crippen molar-refractivity contribution in [3.63, 3.8) is 0 Å². The van der Waals surface area contributed by atoms with Gasteiger partial charge >= 0.3 is 0 Å². The van der Waals surface area contributed by atoms with E-state index < -0.39 is 0 Å². The van der Waals surface area contributed by atoms with Gasteiger partial charge in [0.25, 0.3) is 0 Å². The molecule has 1 aliphatic heterocycles. The molecule has 4 rings (SSSR count). The molecule has 152 valence electrons. The summed E-state index contributed by atoms with van der Waals surface area (Å²) in [4.78, 5) is 15.6. The summed E-state index contributed by atoms with van der Waals surface area (Å²) in [6.07, 6.45) is 8.62. The summed E-state index contributed by atoms with van der Waals surface area (Å²) in [7, 11) is 1.83. The van der Waals surface area contributed by atoms with Crippen molar-refractivity contribution in [3.8, 4) is 11.5 Å². The first-order chi connectivity index (χ1) is 14.1. The number of aromatic nitrogens is 3. The van der Waals surface area contributed by atoms with Crippen LogP contribution in [0, 0.1) is 12.8 Å². The Morgan fingerprint density at radius 2 is 2.14 bits per heavy atom. The lowest BCUT2D eigenvalue weighted by molar-refractivity contribution is 0.189. The molecule has 1 fully saturated rings. The molecule has 7 heteroatoms. The maximum Gasteiger partial charge on any atom is 0.226 e. The average molecular weight is 393 g/mol. The Hall–Kier alpha value is -3.09. The number of guanidine groups is 1. The second kappa shape index (κ2) is 8.51. The second-order valence-electron chi connectivity index (χ2n) is 7.70. The van der Waals surface area contributed by atoms with Crippen LogP contribution in [-0.2, 0) is 6.54 Å². The predicted octanol–water partition coefficient (Wildman–Crippen LogP) is 3.51. The number of piperidine rings is 1. The molecule has 0 amide bonds. The van der Waals surface area contributed by atoms with Gasteiger partial charge in [-0.15, -0.1) is 0 Å². The molecule has 2 aromatic heterocycles. The van der Waals surface area contributed by atoms with E-state index in [-0.39, 0.29) is 0 Å². The molecule has 0 radical (unpaired) electrons. The fourth-order valence-electron chi connectivity index (χ4n) is 3.81. The first kappa shape index (κ1) is 19.2. The molecule has 29 heavy (non-hydrogen) atoms. The van der Waals surface area contributed by atoms with Gasteiger partial charge in [0.2, 0.25) is 5.89 Å². The van der Waals surface area contributed by atoms with Crippen LogP contribution in [0.4, 0.5) is 0 Å². The van der Waals surface area contributed by atoms with Gasteiger partial charge in [0.15, 0.2) is 5.96 Å². The van der Waals surface area contributed by atoms with Crippen molar-refractivity contribution in [3.05, 3.63) is 60.5 Å². The summed E-state index contributed by atoms with van der Waals surface area (Å²) in [5, 5.41) is 3.44. The number of likely N-dealkylation sites (tertiary alicyclic amines) is 1. The average Bonchev–Trinajstić information content (AvgIpc) is 3.42. The van der Waals surface area contributed by atoms with Gasteiger partial charge in [-0.25, -0.2) is 9.97 Å². The number of aliphatic imine (C=N–C) groups is 1. The fourth-order valence-corrected chi connectivity index (χ4v) is 3.81. The van der Waals surface area contributed by atoms with Crippen molar-refractivity contribution < 1.29 is 4.42 Å². The van der Waals surface area contributed by atoms with Gasteiger partial charge in [-0.1, -0.05) is 24.6 Å². The minimum absolute atomic E-state index is 0.394. The molecule has 1 N–H and O–H groups in total. The van der Waals surface area contributed by atoms with Gasteiger partial charge in [0.1, 0.15) is 6.26 Å². The standard InChI is InChI=1S/C22H28N6O/c1-16-4-6-18(7-5-16)21-26-19(14-29-21)12-25-22(23-3)27-10-8-17(2)20(13-27)28-11-9-24-15-28/h4-7,9,11,14-15,17,20H,8,10,12-13H2,1-3H3,(H,23,25). The van der Waals surface area contributed by atoms with Crippen LogP contribution >= 0.6 is 0 Å². The Labute approximate surface area is 171 Å². The first-order valence-corrected chi connectivity index (χ1v) is 10.1. The first-order valence-electron chi connectivity index (χ1n) is 10.1. The van der Waals surface area contributed by atoms with Crippen LogP contribution in [0.25, 0.3) is 11.5 Å². The molecule has 1 saturated heterocycles. The molecule has 0 spiro atoms. The summed E-state index contributed by atoms with van der Waals surface area (Å²) in [6, 6.07) is 8.58. The summed E-state index contributed by atoms with van der Waals surface area (Å²) in [5.41, 5.74) is 3.06. The molecule has 3 aromatic rings. The van der Waals surface area contributed by atoms with Crippen molar-refractivity contribution in [2.24, 2.45) is 10.9 Å². The lowest BCUT2D eigenvalue weighted by atomic mass is 9.93. The van der Waals surface area contributed by atoms with E-state index in [2.05, 4.69) is 55.7 Å². The van der Waals surface area contributed by atoms with E-state index in [0.717, 1.165) is 36.7 Å². The smallest absolute Gasteiger partial charge is 0.226 e. The summed E-state index contributed by atoms with van der Waals surface area (Å²) < 4.78 is 7.87. The zero-order valence-electron chi connectivity index (χ0n) is 17.2. The molecule has 0 bridgehead atoms. The number of imidazole rings is 1. The highest BCUT2D eigenvalue weighted by molar-refractivity contribution is 5.80. The van der Waals surface area contributed by atoms with Gasteiger partial charge in [0.05, 0.1) is 24.6 Å². The molecule has 2 atom stereocenters. The molecule has 0 saturated carbocycles. The van der Waals surface area contributed by atoms with E-state index in [4.69, 9.17) is 4.42 Å². The van der Waals surface area contributed by atoms with Crippen LogP contribution in [-0.4, -0.2) is 45.5 Å². The number of hydrogen-bond acceptors (Lipinski definition) is 4. The SMILES string of the molecule is CN=C(NCc1coc(-c2ccc(C)cc2)n1)N1CCC(C)C(n2ccnc2)C1. The summed E-state index contributed by atoms with van der Waals surface area (Å²) in [5.74, 6) is 2.14. The second-order valence-corrected chi connectivity index (χ2v) is 7.70. The number of aryl methyl sites for hydroxylation is 1. The molecule has 2 unspecified atom stereocenters. The number of benzene rings is 1. The Kier molecular flexibility index (Phi) is 5.64. The molecule has 0 aliphatic carbocycles. The van der Waals surface area contributed by atoms with E-state index in [1.54, 1.807) is 6.26 Å². The number of rotatable bonds is 4. The minimum atomic E-state index is 0.394. The Bertz CT molecular complexity index is 944. The Morgan fingerprint density at radius 1 is 1.31 bits per heavy atom. The molecule has 1 aromatic carbocycles. The highest BCUT2D eigenvalue weighted by atomic mass is 16.3. The van der Waals surface area contributed by atoms with Crippen LogP contribution in [0.15, 0.2) is 58.7 Å². The van der Waals surface area contributed by atoms with Crippen molar-refractivity contribution in [2.75, 3.05) is 20.1 Å². The number of oxazole rings is 1. The third-order valence-electron chi connectivity index (χ3n) is 5.62. The highest BCUT2D eigenvalue weighted by Gasteiger charge is 2.28. The maximum absolute atomic E-state index is 5.67. The van der Waals surface area contributed by atoms with E-state index in [9.17, 15) is 0 Å². The topological polar surface area (TPSA) is 71.5 Å². The molecular formula is C22H28N6O. The lowest BCUT2D eigenvalue weighted by Crippen LogP contribution is -2.48. The van der Waals surface area contributed by atoms with Crippen molar-refractivity contribution >= 4 is 5.96 Å². The van der Waals surface area contributed by atoms with Crippen LogP contribution in [0.2, 0.25) is 0 Å². The van der Waals surface area contributed by atoms with Gasteiger partial charge < -0.3 is 19.2 Å². The normalized spacial score (nSPS) is 20.1. The molecular weight excluding hydrogens is 364 g/mol. The van der Waals surface area contributed by atoms with E-state index >= 15 is 0 Å². The number of hydrogen-bond donors (Lipinski definition) is 1. The van der Waals surface area contributed by atoms with E-state index in [1.807, 2.05) is 37.9 Å². The summed E-state index contributed by atoms with van der Waals surface area (Å²) >= 11 is 0. The summed E-state index contributed by atoms with van der Waals surface area (Å²) in [6.45, 7) is 6.84. The maximum atomic E-state index is 5.67. The third kappa shape index (κ3) is 4.34. The van der Waals surface area contributed by atoms with E-state index in [1.165, 1.54) is 5.56 Å². The largest absolute Gasteiger partial charge is 0.444 e. The lowest BCUT2D eigenvalue weighted by Gasteiger charge is -2.39. The zero-order valence-corrected chi connectivity index (χ0v) is 17.2. The van der Waals surface area contributed by atoms with Crippen molar-refractivity contribution in [1.82, 2.24) is 24.8 Å². The van der Waals surface area contributed by atoms with Crippen molar-refractivity contribution in [1.29, 1.82) is 0 Å². The van der Waals surface area contributed by atoms with Crippen LogP contribution in [0.3, 0.4) is 0 Å². The zero-order chi connectivity index (χ0) is 20.2. The monoisotopic (exact) mass is 392 g/mol. The van der Waals surface area contributed by atoms with Crippen LogP contribution in [0.5, 0.6) is 0 Å². The molecule has 7 nitrogen and oxygen atoms in total. The number of nitrogens with zero attached hydrogens (tertiary/aromatic N) is 5. The third-order valence-corrected chi connectivity index (χ3v) is 5.62. The van der Waals surface area contributed by atoms with E-state index in [0.29, 0.717) is 24.4 Å². The Balaban J connectivity index is 1.39. The predicted molar refractivity (Wildman–Crippen MR) is 113 cm³/mol. The fraction of sp³-hybridized carbons (Fsp3) is 0.409. The van der Waals surface area contributed by atoms with Crippen LogP contribution < -0.4 is 5.32 Å². The highest BCUT2D eigenvalue weighted by Crippen LogP contribution is 2.27. The molecule has 3 heterocycles. The minimum Gasteiger partial charge on any atom is -0.444 e. The Morgan fingerprint density at radius 3 is 2.86 bits per heavy atom. The van der Waals surface area contributed by atoms with Crippen LogP contribution in [0.1, 0.15) is 30.6 Å². The van der Waals surface area contributed by atoms with Gasteiger partial charge in [0, 0.05) is 38.1 Å². The number of nitrogens with one attached hydrogen (secondary N) is 1. The van der Waals surface area contributed by atoms with Gasteiger partial charge in [-0.2, -0.15) is 0 Å². The molecule has 1 aliphatic rings. The van der Waals surface area contributed by atoms with Gasteiger partial charge in [-0.3, -0.25) is 4.99 Å². The van der Waals surface area contributed by atoms with Gasteiger partial charge in [-0.05, 0) is 31.4 Å². The quantitative estimate of drug-likeness (QED) is 0.543. The van der Waals surface area contributed by atoms with Crippen molar-refractivity contribution in [2.45, 2.75) is 32.9 Å².